The van der Waals surface area contributed by atoms with E-state index in [4.69, 9.17) is 4.55 Å². The van der Waals surface area contributed by atoms with E-state index in [9.17, 15) is 16.8 Å². The molecule has 0 saturated carbocycles. The van der Waals surface area contributed by atoms with Gasteiger partial charge in [-0.2, -0.15) is 16.8 Å². The maximum Gasteiger partial charge on any atom is 0.412 e. The van der Waals surface area contributed by atoms with Crippen LogP contribution in [-0.4, -0.2) is 21.4 Å². The standard InChI is InChI=1S/C14H12O6S2/c15-21(16,20-22(17,18)19)14-9-5-4-8-13(14)11-10-12-6-2-1-3-7-12/h1-11H,(H,17,18,19). The molecule has 0 aromatic heterocycles. The molecule has 0 spiro atoms. The van der Waals surface area contributed by atoms with E-state index in [-0.39, 0.29) is 10.5 Å². The van der Waals surface area contributed by atoms with Crippen molar-refractivity contribution in [3.8, 4) is 0 Å². The van der Waals surface area contributed by atoms with Crippen LogP contribution in [0, 0.1) is 0 Å². The number of hydrogen-bond donors (Lipinski definition) is 1. The van der Waals surface area contributed by atoms with Gasteiger partial charge in [-0.1, -0.05) is 60.7 Å². The van der Waals surface area contributed by atoms with Crippen LogP contribution in [0.15, 0.2) is 59.5 Å². The summed E-state index contributed by atoms with van der Waals surface area (Å²) in [6.45, 7) is 0. The summed E-state index contributed by atoms with van der Waals surface area (Å²) in [5.41, 5.74) is 1.07. The van der Waals surface area contributed by atoms with Crippen molar-refractivity contribution in [2.45, 2.75) is 4.90 Å². The van der Waals surface area contributed by atoms with Crippen molar-refractivity contribution in [3.05, 3.63) is 65.7 Å². The van der Waals surface area contributed by atoms with Crippen molar-refractivity contribution in [1.29, 1.82) is 0 Å². The van der Waals surface area contributed by atoms with E-state index in [0.717, 1.165) is 5.56 Å². The Bertz CT molecular complexity index is 884. The van der Waals surface area contributed by atoms with E-state index in [1.807, 2.05) is 30.3 Å². The van der Waals surface area contributed by atoms with Gasteiger partial charge in [-0.3, -0.25) is 4.55 Å². The second-order valence-corrected chi connectivity index (χ2v) is 6.98. The zero-order chi connectivity index (χ0) is 16.2. The summed E-state index contributed by atoms with van der Waals surface area (Å²) in [6.07, 6.45) is 3.18. The molecular weight excluding hydrogens is 328 g/mol. The van der Waals surface area contributed by atoms with Crippen LogP contribution in [-0.2, 0) is 24.1 Å². The first-order valence-corrected chi connectivity index (χ1v) is 8.81. The molecule has 2 aromatic rings. The lowest BCUT2D eigenvalue weighted by Gasteiger charge is -2.05. The van der Waals surface area contributed by atoms with Gasteiger partial charge in [0, 0.05) is 0 Å². The van der Waals surface area contributed by atoms with Crippen molar-refractivity contribution in [2.75, 3.05) is 0 Å². The van der Waals surface area contributed by atoms with Crippen molar-refractivity contribution in [1.82, 2.24) is 0 Å². The first-order valence-electron chi connectivity index (χ1n) is 6.04. The van der Waals surface area contributed by atoms with Gasteiger partial charge in [-0.15, -0.1) is 3.63 Å². The summed E-state index contributed by atoms with van der Waals surface area (Å²) in [6, 6.07) is 14.8. The van der Waals surface area contributed by atoms with Gasteiger partial charge >= 0.3 is 20.5 Å². The Hall–Kier alpha value is -2.00. The monoisotopic (exact) mass is 340 g/mol. The highest BCUT2D eigenvalue weighted by atomic mass is 32.3. The molecule has 0 amide bonds. The second kappa shape index (κ2) is 6.41. The van der Waals surface area contributed by atoms with Crippen molar-refractivity contribution in [3.63, 3.8) is 0 Å². The number of hydrogen-bond acceptors (Lipinski definition) is 5. The Morgan fingerprint density at radius 2 is 1.41 bits per heavy atom. The lowest BCUT2D eigenvalue weighted by Crippen LogP contribution is -2.13. The minimum absolute atomic E-state index is 0.231. The maximum atomic E-state index is 11.9. The molecular formula is C14H12O6S2. The molecule has 22 heavy (non-hydrogen) atoms. The molecule has 0 fully saturated rings. The molecule has 2 rings (SSSR count). The van der Waals surface area contributed by atoms with Gasteiger partial charge in [-0.05, 0) is 17.2 Å². The summed E-state index contributed by atoms with van der Waals surface area (Å²) in [5.74, 6) is 0. The average Bonchev–Trinajstić information content (AvgIpc) is 2.44. The molecule has 0 radical (unpaired) electrons. The van der Waals surface area contributed by atoms with Crippen molar-refractivity contribution in [2.24, 2.45) is 0 Å². The molecule has 0 saturated heterocycles. The quantitative estimate of drug-likeness (QED) is 0.663. The smallest absolute Gasteiger partial charge is 0.263 e. The Balaban J connectivity index is 2.42. The molecule has 0 unspecified atom stereocenters. The Morgan fingerprint density at radius 1 is 0.818 bits per heavy atom. The van der Waals surface area contributed by atoms with Gasteiger partial charge in [0.15, 0.2) is 0 Å². The van der Waals surface area contributed by atoms with E-state index in [1.54, 1.807) is 12.1 Å². The van der Waals surface area contributed by atoms with Crippen LogP contribution in [0.25, 0.3) is 12.2 Å². The summed E-state index contributed by atoms with van der Waals surface area (Å²) in [7, 11) is -9.77. The number of rotatable bonds is 5. The Labute approximate surface area is 128 Å². The predicted octanol–water partition coefficient (Wildman–Crippen LogP) is 2.37. The summed E-state index contributed by atoms with van der Waals surface area (Å²) in [4.78, 5) is -0.361. The second-order valence-electron chi connectivity index (χ2n) is 4.23. The Kier molecular flexibility index (Phi) is 4.77. The molecule has 0 aliphatic rings. The molecule has 0 aliphatic carbocycles. The van der Waals surface area contributed by atoms with Gasteiger partial charge in [0.1, 0.15) is 4.90 Å². The first-order chi connectivity index (χ1) is 10.3. The Morgan fingerprint density at radius 3 is 2.05 bits per heavy atom. The highest BCUT2D eigenvalue weighted by Gasteiger charge is 2.24. The zero-order valence-electron chi connectivity index (χ0n) is 11.2. The fraction of sp³-hybridized carbons (Fsp3) is 0. The lowest BCUT2D eigenvalue weighted by molar-refractivity contribution is 0.383. The van der Waals surface area contributed by atoms with Crippen LogP contribution in [0.2, 0.25) is 0 Å². The molecule has 1 N–H and O–H groups in total. The zero-order valence-corrected chi connectivity index (χ0v) is 12.8. The minimum atomic E-state index is -5.13. The van der Waals surface area contributed by atoms with E-state index >= 15 is 0 Å². The summed E-state index contributed by atoms with van der Waals surface area (Å²) < 4.78 is 57.4. The third-order valence-electron chi connectivity index (χ3n) is 2.62. The molecule has 116 valence electrons. The fourth-order valence-electron chi connectivity index (χ4n) is 1.75. The molecule has 6 nitrogen and oxygen atoms in total. The molecule has 0 aliphatic heterocycles. The van der Waals surface area contributed by atoms with E-state index < -0.39 is 20.5 Å². The van der Waals surface area contributed by atoms with Crippen LogP contribution in [0.3, 0.4) is 0 Å². The van der Waals surface area contributed by atoms with Crippen LogP contribution in [0.5, 0.6) is 0 Å². The minimum Gasteiger partial charge on any atom is -0.263 e. The van der Waals surface area contributed by atoms with Crippen molar-refractivity contribution >= 4 is 32.7 Å². The van der Waals surface area contributed by atoms with Crippen LogP contribution in [0.4, 0.5) is 0 Å². The third-order valence-corrected chi connectivity index (χ3v) is 4.93. The predicted molar refractivity (Wildman–Crippen MR) is 81.6 cm³/mol. The number of benzene rings is 2. The topological polar surface area (TPSA) is 97.7 Å². The fourth-order valence-corrected chi connectivity index (χ4v) is 3.61. The summed E-state index contributed by atoms with van der Waals surface area (Å²) >= 11 is 0. The normalized spacial score (nSPS) is 12.6. The third kappa shape index (κ3) is 4.50. The van der Waals surface area contributed by atoms with Crippen LogP contribution < -0.4 is 0 Å². The molecule has 0 bridgehead atoms. The first kappa shape index (κ1) is 16.4. The molecule has 0 heterocycles. The molecule has 2 aromatic carbocycles. The van der Waals surface area contributed by atoms with Crippen molar-refractivity contribution < 1.29 is 25.0 Å². The lowest BCUT2D eigenvalue weighted by atomic mass is 10.1. The molecule has 0 atom stereocenters. The van der Waals surface area contributed by atoms with E-state index in [0.29, 0.717) is 0 Å². The average molecular weight is 340 g/mol. The van der Waals surface area contributed by atoms with Gasteiger partial charge in [-0.25, -0.2) is 0 Å². The van der Waals surface area contributed by atoms with E-state index in [1.165, 1.54) is 24.3 Å². The molecule has 8 heteroatoms. The maximum absolute atomic E-state index is 11.9. The van der Waals surface area contributed by atoms with E-state index in [2.05, 4.69) is 3.63 Å². The SMILES string of the molecule is O=S(=O)(O)OS(=O)(=O)c1ccccc1C=Cc1ccccc1. The highest BCUT2D eigenvalue weighted by molar-refractivity contribution is 7.97. The van der Waals surface area contributed by atoms with Crippen LogP contribution >= 0.6 is 0 Å². The van der Waals surface area contributed by atoms with Gasteiger partial charge < -0.3 is 0 Å². The highest BCUT2D eigenvalue weighted by Crippen LogP contribution is 2.21. The van der Waals surface area contributed by atoms with Crippen LogP contribution in [0.1, 0.15) is 11.1 Å². The van der Waals surface area contributed by atoms with Gasteiger partial charge in [0.2, 0.25) is 0 Å². The summed E-state index contributed by atoms with van der Waals surface area (Å²) in [5, 5.41) is 0. The van der Waals surface area contributed by atoms with Gasteiger partial charge in [0.25, 0.3) is 0 Å². The largest absolute Gasteiger partial charge is 0.412 e. The van der Waals surface area contributed by atoms with Gasteiger partial charge in [0.05, 0.1) is 0 Å².